The number of rotatable bonds is 3. The summed E-state index contributed by atoms with van der Waals surface area (Å²) in [6.45, 7) is 1.89. The van der Waals surface area contributed by atoms with Gasteiger partial charge in [-0.3, -0.25) is 0 Å². The van der Waals surface area contributed by atoms with Crippen molar-refractivity contribution >= 4 is 11.8 Å². The molecule has 16 heavy (non-hydrogen) atoms. The predicted molar refractivity (Wildman–Crippen MR) is 62.7 cm³/mol. The van der Waals surface area contributed by atoms with Crippen LogP contribution in [-0.2, 0) is 5.41 Å². The first-order chi connectivity index (χ1) is 7.51. The fourth-order valence-electron chi connectivity index (χ4n) is 2.18. The summed E-state index contributed by atoms with van der Waals surface area (Å²) in [6.07, 6.45) is 3.50. The summed E-state index contributed by atoms with van der Waals surface area (Å²) in [5, 5.41) is 0. The van der Waals surface area contributed by atoms with Crippen molar-refractivity contribution in [3.63, 3.8) is 0 Å². The highest BCUT2D eigenvalue weighted by Gasteiger charge is 2.47. The standard InChI is InChI=1S/C12H15F2NS/c1-7(15)12(3-4-12)8-5-9(13)11(16-2)10(14)6-8/h5-7H,3-4,15H2,1-2H3. The van der Waals surface area contributed by atoms with Crippen molar-refractivity contribution in [1.82, 2.24) is 0 Å². The van der Waals surface area contributed by atoms with E-state index in [1.54, 1.807) is 6.26 Å². The van der Waals surface area contributed by atoms with E-state index in [1.807, 2.05) is 6.92 Å². The molecule has 88 valence electrons. The smallest absolute Gasteiger partial charge is 0.140 e. The minimum Gasteiger partial charge on any atom is -0.327 e. The van der Waals surface area contributed by atoms with Crippen LogP contribution in [0.25, 0.3) is 0 Å². The lowest BCUT2D eigenvalue weighted by Crippen LogP contribution is -2.31. The number of nitrogens with two attached hydrogens (primary N) is 1. The summed E-state index contributed by atoms with van der Waals surface area (Å²) in [5.74, 6) is -0.955. The minimum atomic E-state index is -0.477. The second-order valence-electron chi connectivity index (χ2n) is 4.42. The molecule has 1 aromatic rings. The van der Waals surface area contributed by atoms with Crippen LogP contribution >= 0.6 is 11.8 Å². The molecule has 1 aliphatic carbocycles. The average Bonchev–Trinajstić information content (AvgIpc) is 2.97. The van der Waals surface area contributed by atoms with Crippen LogP contribution in [0.5, 0.6) is 0 Å². The van der Waals surface area contributed by atoms with E-state index in [0.717, 1.165) is 24.6 Å². The number of thioether (sulfide) groups is 1. The molecule has 1 saturated carbocycles. The first-order valence-electron chi connectivity index (χ1n) is 5.30. The Labute approximate surface area is 98.4 Å². The fraction of sp³-hybridized carbons (Fsp3) is 0.500. The largest absolute Gasteiger partial charge is 0.327 e. The molecule has 1 aliphatic rings. The van der Waals surface area contributed by atoms with E-state index in [0.29, 0.717) is 5.56 Å². The normalized spacial score (nSPS) is 19.6. The van der Waals surface area contributed by atoms with Gasteiger partial charge in [-0.15, -0.1) is 11.8 Å². The highest BCUT2D eigenvalue weighted by atomic mass is 32.2. The molecule has 0 spiro atoms. The van der Waals surface area contributed by atoms with Gasteiger partial charge in [0.05, 0.1) is 4.90 Å². The lowest BCUT2D eigenvalue weighted by molar-refractivity contribution is 0.512. The van der Waals surface area contributed by atoms with E-state index >= 15 is 0 Å². The molecule has 0 aliphatic heterocycles. The minimum absolute atomic E-state index is 0.0635. The van der Waals surface area contributed by atoms with Crippen molar-refractivity contribution in [1.29, 1.82) is 0 Å². The van der Waals surface area contributed by atoms with Crippen LogP contribution in [0.15, 0.2) is 17.0 Å². The van der Waals surface area contributed by atoms with Crippen LogP contribution in [0.1, 0.15) is 25.3 Å². The van der Waals surface area contributed by atoms with Gasteiger partial charge in [0.1, 0.15) is 11.6 Å². The number of halogens is 2. The Hall–Kier alpha value is -0.610. The molecular formula is C12H15F2NS. The Kier molecular flexibility index (Phi) is 2.97. The molecule has 0 bridgehead atoms. The topological polar surface area (TPSA) is 26.0 Å². The first kappa shape index (κ1) is 11.9. The van der Waals surface area contributed by atoms with Gasteiger partial charge in [0.2, 0.25) is 0 Å². The third kappa shape index (κ3) is 1.74. The van der Waals surface area contributed by atoms with Crippen LogP contribution in [0.2, 0.25) is 0 Å². The van der Waals surface area contributed by atoms with Gasteiger partial charge >= 0.3 is 0 Å². The molecule has 0 saturated heterocycles. The van der Waals surface area contributed by atoms with Gasteiger partial charge in [0.15, 0.2) is 0 Å². The van der Waals surface area contributed by atoms with Gasteiger partial charge in [0, 0.05) is 11.5 Å². The van der Waals surface area contributed by atoms with Crippen molar-refractivity contribution in [2.24, 2.45) is 5.73 Å². The molecule has 0 radical (unpaired) electrons. The van der Waals surface area contributed by atoms with E-state index in [4.69, 9.17) is 5.73 Å². The molecule has 1 aromatic carbocycles. The van der Waals surface area contributed by atoms with Crippen LogP contribution < -0.4 is 5.73 Å². The van der Waals surface area contributed by atoms with Crippen molar-refractivity contribution in [2.75, 3.05) is 6.26 Å². The zero-order chi connectivity index (χ0) is 11.9. The van der Waals surface area contributed by atoms with Gasteiger partial charge in [-0.25, -0.2) is 8.78 Å². The fourth-order valence-corrected chi connectivity index (χ4v) is 2.69. The van der Waals surface area contributed by atoms with E-state index < -0.39 is 11.6 Å². The molecule has 1 fully saturated rings. The summed E-state index contributed by atoms with van der Waals surface area (Å²) in [5.41, 5.74) is 6.39. The molecule has 0 aromatic heterocycles. The number of hydrogen-bond acceptors (Lipinski definition) is 2. The van der Waals surface area contributed by atoms with Crippen LogP contribution in [0.4, 0.5) is 8.78 Å². The molecule has 4 heteroatoms. The van der Waals surface area contributed by atoms with Gasteiger partial charge in [0.25, 0.3) is 0 Å². The first-order valence-corrected chi connectivity index (χ1v) is 6.53. The summed E-state index contributed by atoms with van der Waals surface area (Å²) < 4.78 is 27.3. The van der Waals surface area contributed by atoms with Crippen LogP contribution in [-0.4, -0.2) is 12.3 Å². The zero-order valence-electron chi connectivity index (χ0n) is 9.39. The Morgan fingerprint density at radius 3 is 2.12 bits per heavy atom. The second-order valence-corrected chi connectivity index (χ2v) is 5.23. The van der Waals surface area contributed by atoms with Crippen molar-refractivity contribution < 1.29 is 8.78 Å². The molecule has 2 N–H and O–H groups in total. The van der Waals surface area contributed by atoms with E-state index in [1.165, 1.54) is 12.1 Å². The molecule has 2 rings (SSSR count). The molecule has 1 unspecified atom stereocenters. The quantitative estimate of drug-likeness (QED) is 0.826. The van der Waals surface area contributed by atoms with Gasteiger partial charge in [-0.1, -0.05) is 0 Å². The van der Waals surface area contributed by atoms with E-state index in [-0.39, 0.29) is 16.4 Å². The Morgan fingerprint density at radius 2 is 1.81 bits per heavy atom. The molecule has 0 heterocycles. The maximum atomic E-state index is 13.6. The molecule has 0 amide bonds. The lowest BCUT2D eigenvalue weighted by Gasteiger charge is -2.20. The van der Waals surface area contributed by atoms with Gasteiger partial charge in [-0.05, 0) is 43.7 Å². The predicted octanol–water partition coefficient (Wildman–Crippen LogP) is 3.07. The van der Waals surface area contributed by atoms with Gasteiger partial charge in [-0.2, -0.15) is 0 Å². The number of benzene rings is 1. The maximum absolute atomic E-state index is 13.6. The van der Waals surface area contributed by atoms with E-state index in [9.17, 15) is 8.78 Å². The Bertz CT molecular complexity index is 390. The Balaban J connectivity index is 2.45. The van der Waals surface area contributed by atoms with Gasteiger partial charge < -0.3 is 5.73 Å². The zero-order valence-corrected chi connectivity index (χ0v) is 10.2. The monoisotopic (exact) mass is 243 g/mol. The summed E-state index contributed by atoms with van der Waals surface area (Å²) >= 11 is 1.09. The maximum Gasteiger partial charge on any atom is 0.140 e. The summed E-state index contributed by atoms with van der Waals surface area (Å²) in [4.78, 5) is 0.0872. The average molecular weight is 243 g/mol. The lowest BCUT2D eigenvalue weighted by atomic mass is 9.89. The Morgan fingerprint density at radius 1 is 1.31 bits per heavy atom. The highest BCUT2D eigenvalue weighted by Crippen LogP contribution is 2.51. The molecule has 1 nitrogen and oxygen atoms in total. The van der Waals surface area contributed by atoms with Crippen molar-refractivity contribution in [3.05, 3.63) is 29.3 Å². The second kappa shape index (κ2) is 4.00. The molecule has 1 atom stereocenters. The number of hydrogen-bond donors (Lipinski definition) is 1. The van der Waals surface area contributed by atoms with Crippen molar-refractivity contribution in [3.8, 4) is 0 Å². The highest BCUT2D eigenvalue weighted by molar-refractivity contribution is 7.98. The molecular weight excluding hydrogens is 228 g/mol. The third-order valence-corrected chi connectivity index (χ3v) is 4.24. The summed E-state index contributed by atoms with van der Waals surface area (Å²) in [6, 6.07) is 2.81. The summed E-state index contributed by atoms with van der Waals surface area (Å²) in [7, 11) is 0. The van der Waals surface area contributed by atoms with Crippen LogP contribution in [0.3, 0.4) is 0 Å². The van der Waals surface area contributed by atoms with E-state index in [2.05, 4.69) is 0 Å². The SMILES string of the molecule is CSc1c(F)cc(C2(C(C)N)CC2)cc1F. The van der Waals surface area contributed by atoms with Crippen LogP contribution in [0, 0.1) is 11.6 Å². The third-order valence-electron chi connectivity index (χ3n) is 3.44. The van der Waals surface area contributed by atoms with Crippen molar-refractivity contribution in [2.45, 2.75) is 36.1 Å².